The van der Waals surface area contributed by atoms with E-state index in [-0.39, 0.29) is 11.9 Å². The predicted molar refractivity (Wildman–Crippen MR) is 73.0 cm³/mol. The molecule has 2 rings (SSSR count). The van der Waals surface area contributed by atoms with Crippen LogP contribution in [0.1, 0.15) is 24.4 Å². The predicted octanol–water partition coefficient (Wildman–Crippen LogP) is 2.74. The lowest BCUT2D eigenvalue weighted by molar-refractivity contribution is 0.163. The van der Waals surface area contributed by atoms with Crippen molar-refractivity contribution in [2.75, 3.05) is 26.2 Å². The van der Waals surface area contributed by atoms with Crippen molar-refractivity contribution < 1.29 is 4.39 Å². The maximum atomic E-state index is 14.0. The summed E-state index contributed by atoms with van der Waals surface area (Å²) in [5.74, 6) is -0.0925. The third-order valence-electron chi connectivity index (χ3n) is 3.50. The lowest BCUT2D eigenvalue weighted by atomic mass is 9.99. The first-order valence-electron chi connectivity index (χ1n) is 6.63. The minimum Gasteiger partial charge on any atom is -0.314 e. The fourth-order valence-electron chi connectivity index (χ4n) is 2.55. The van der Waals surface area contributed by atoms with E-state index in [1.165, 1.54) is 0 Å². The van der Waals surface area contributed by atoms with Crippen LogP contribution in [-0.4, -0.2) is 31.1 Å². The zero-order chi connectivity index (χ0) is 12.8. The topological polar surface area (TPSA) is 15.3 Å². The van der Waals surface area contributed by atoms with Crippen molar-refractivity contribution in [3.63, 3.8) is 0 Å². The van der Waals surface area contributed by atoms with E-state index in [0.29, 0.717) is 0 Å². The molecule has 1 aromatic carbocycles. The molecule has 1 N–H and O–H groups in total. The molecule has 2 nitrogen and oxygen atoms in total. The van der Waals surface area contributed by atoms with E-state index in [1.54, 1.807) is 12.1 Å². The summed E-state index contributed by atoms with van der Waals surface area (Å²) in [6.45, 7) is 7.70. The first kappa shape index (κ1) is 13.2. The van der Waals surface area contributed by atoms with Gasteiger partial charge in [0.05, 0.1) is 0 Å². The van der Waals surface area contributed by atoms with Gasteiger partial charge in [0.25, 0.3) is 0 Å². The summed E-state index contributed by atoms with van der Waals surface area (Å²) >= 11 is 0. The van der Waals surface area contributed by atoms with E-state index in [9.17, 15) is 4.39 Å². The minimum absolute atomic E-state index is 0.0925. The second-order valence-corrected chi connectivity index (χ2v) is 4.69. The van der Waals surface area contributed by atoms with E-state index in [4.69, 9.17) is 0 Å². The lowest BCUT2D eigenvalue weighted by Crippen LogP contribution is -2.45. The Morgan fingerprint density at radius 3 is 2.72 bits per heavy atom. The second kappa shape index (κ2) is 6.66. The molecular formula is C15H21FN2. The van der Waals surface area contributed by atoms with E-state index in [2.05, 4.69) is 16.8 Å². The molecule has 0 saturated carbocycles. The smallest absolute Gasteiger partial charge is 0.127 e. The van der Waals surface area contributed by atoms with Gasteiger partial charge < -0.3 is 5.32 Å². The van der Waals surface area contributed by atoms with Gasteiger partial charge in [0, 0.05) is 37.8 Å². The second-order valence-electron chi connectivity index (χ2n) is 4.69. The molecule has 0 aliphatic carbocycles. The van der Waals surface area contributed by atoms with Crippen LogP contribution in [-0.2, 0) is 0 Å². The number of hydrogen-bond donors (Lipinski definition) is 1. The quantitative estimate of drug-likeness (QED) is 0.806. The van der Waals surface area contributed by atoms with Crippen molar-refractivity contribution in [3.05, 3.63) is 48.3 Å². The molecule has 0 bridgehead atoms. The van der Waals surface area contributed by atoms with E-state index in [0.717, 1.165) is 44.6 Å². The highest BCUT2D eigenvalue weighted by molar-refractivity contribution is 5.21. The van der Waals surface area contributed by atoms with Crippen molar-refractivity contribution in [2.24, 2.45) is 0 Å². The van der Waals surface area contributed by atoms with Crippen LogP contribution in [0.4, 0.5) is 4.39 Å². The first-order chi connectivity index (χ1) is 8.83. The van der Waals surface area contributed by atoms with Crippen molar-refractivity contribution in [2.45, 2.75) is 18.9 Å². The molecule has 18 heavy (non-hydrogen) atoms. The summed E-state index contributed by atoms with van der Waals surface area (Å²) in [5.41, 5.74) is 0.821. The molecule has 1 aliphatic heterocycles. The van der Waals surface area contributed by atoms with Crippen LogP contribution in [0.5, 0.6) is 0 Å². The zero-order valence-corrected chi connectivity index (χ0v) is 10.7. The van der Waals surface area contributed by atoms with Gasteiger partial charge >= 0.3 is 0 Å². The van der Waals surface area contributed by atoms with E-state index < -0.39 is 0 Å². The largest absolute Gasteiger partial charge is 0.314 e. The highest BCUT2D eigenvalue weighted by Gasteiger charge is 2.23. The van der Waals surface area contributed by atoms with Crippen LogP contribution in [0, 0.1) is 5.82 Å². The van der Waals surface area contributed by atoms with Gasteiger partial charge in [-0.25, -0.2) is 4.39 Å². The van der Waals surface area contributed by atoms with Gasteiger partial charge in [0.15, 0.2) is 0 Å². The number of nitrogens with one attached hydrogen (secondary N) is 1. The van der Waals surface area contributed by atoms with Crippen LogP contribution in [0.25, 0.3) is 0 Å². The number of hydrogen-bond acceptors (Lipinski definition) is 2. The Bertz CT molecular complexity index is 386. The molecule has 0 amide bonds. The normalized spacial score (nSPS) is 18.5. The van der Waals surface area contributed by atoms with Crippen LogP contribution in [0.3, 0.4) is 0 Å². The van der Waals surface area contributed by atoms with Crippen molar-refractivity contribution in [1.29, 1.82) is 0 Å². The molecule has 1 fully saturated rings. The Morgan fingerprint density at radius 2 is 2.06 bits per heavy atom. The molecular weight excluding hydrogens is 227 g/mol. The number of benzene rings is 1. The van der Waals surface area contributed by atoms with Gasteiger partial charge in [0.2, 0.25) is 0 Å². The summed E-state index contributed by atoms with van der Waals surface area (Å²) in [6, 6.07) is 7.30. The van der Waals surface area contributed by atoms with Gasteiger partial charge in [-0.15, -0.1) is 6.58 Å². The zero-order valence-electron chi connectivity index (χ0n) is 10.7. The number of rotatable bonds is 5. The van der Waals surface area contributed by atoms with Crippen LogP contribution in [0.2, 0.25) is 0 Å². The van der Waals surface area contributed by atoms with Crippen LogP contribution in [0.15, 0.2) is 36.9 Å². The molecule has 1 heterocycles. The Labute approximate surface area is 108 Å². The maximum Gasteiger partial charge on any atom is 0.127 e. The summed E-state index contributed by atoms with van der Waals surface area (Å²) in [7, 11) is 0. The third-order valence-corrected chi connectivity index (χ3v) is 3.50. The molecule has 3 heteroatoms. The van der Waals surface area contributed by atoms with Gasteiger partial charge in [-0.3, -0.25) is 4.90 Å². The number of nitrogens with zero attached hydrogens (tertiary/aromatic N) is 1. The molecule has 1 saturated heterocycles. The Hall–Kier alpha value is -1.19. The SMILES string of the molecule is C=CCC[C@H](c1ccccc1F)N1CCNCC1. The third kappa shape index (κ3) is 3.18. The highest BCUT2D eigenvalue weighted by Crippen LogP contribution is 2.28. The summed E-state index contributed by atoms with van der Waals surface area (Å²) in [4.78, 5) is 2.37. The van der Waals surface area contributed by atoms with Crippen LogP contribution < -0.4 is 5.32 Å². The van der Waals surface area contributed by atoms with E-state index in [1.807, 2.05) is 18.2 Å². The Morgan fingerprint density at radius 1 is 1.33 bits per heavy atom. The molecule has 0 spiro atoms. The van der Waals surface area contributed by atoms with Crippen molar-refractivity contribution in [1.82, 2.24) is 10.2 Å². The molecule has 1 aromatic rings. The monoisotopic (exact) mass is 248 g/mol. The average molecular weight is 248 g/mol. The molecule has 1 atom stereocenters. The summed E-state index contributed by atoms with van der Waals surface area (Å²) in [5, 5.41) is 3.34. The standard InChI is InChI=1S/C15H21FN2/c1-2-3-8-15(18-11-9-17-10-12-18)13-6-4-5-7-14(13)16/h2,4-7,15,17H,1,3,8-12H2/t15-/m1/s1. The molecule has 0 aromatic heterocycles. The highest BCUT2D eigenvalue weighted by atomic mass is 19.1. The Kier molecular flexibility index (Phi) is 4.90. The summed E-state index contributed by atoms with van der Waals surface area (Å²) < 4.78 is 14.0. The van der Waals surface area contributed by atoms with Gasteiger partial charge in [-0.05, 0) is 18.9 Å². The van der Waals surface area contributed by atoms with Crippen molar-refractivity contribution in [3.8, 4) is 0 Å². The Balaban J connectivity index is 2.18. The fourth-order valence-corrected chi connectivity index (χ4v) is 2.55. The van der Waals surface area contributed by atoms with Gasteiger partial charge in [-0.1, -0.05) is 24.3 Å². The van der Waals surface area contributed by atoms with Crippen molar-refractivity contribution >= 4 is 0 Å². The summed E-state index contributed by atoms with van der Waals surface area (Å²) in [6.07, 6.45) is 3.77. The van der Waals surface area contributed by atoms with Gasteiger partial charge in [0.1, 0.15) is 5.82 Å². The average Bonchev–Trinajstić information content (AvgIpc) is 2.42. The number of allylic oxidation sites excluding steroid dienone is 1. The molecule has 98 valence electrons. The van der Waals surface area contributed by atoms with Crippen LogP contribution >= 0.6 is 0 Å². The first-order valence-corrected chi connectivity index (χ1v) is 6.63. The minimum atomic E-state index is -0.0925. The molecule has 0 radical (unpaired) electrons. The van der Waals surface area contributed by atoms with Gasteiger partial charge in [-0.2, -0.15) is 0 Å². The number of halogens is 1. The number of piperazine rings is 1. The lowest BCUT2D eigenvalue weighted by Gasteiger charge is -2.35. The fraction of sp³-hybridized carbons (Fsp3) is 0.467. The molecule has 0 unspecified atom stereocenters. The molecule has 1 aliphatic rings. The maximum absolute atomic E-state index is 14.0. The van der Waals surface area contributed by atoms with E-state index >= 15 is 0 Å².